The number of halogens is 2. The van der Waals surface area contributed by atoms with Gasteiger partial charge in [-0.25, -0.2) is 18.7 Å². The molecule has 1 fully saturated rings. The summed E-state index contributed by atoms with van der Waals surface area (Å²) < 4.78 is 29.2. The molecule has 1 aromatic carbocycles. The number of carbonyl (C=O) groups is 2. The lowest BCUT2D eigenvalue weighted by molar-refractivity contribution is -0.137. The average Bonchev–Trinajstić information content (AvgIpc) is 3.36. The Bertz CT molecular complexity index is 1510. The van der Waals surface area contributed by atoms with Gasteiger partial charge in [-0.3, -0.25) is 14.3 Å². The van der Waals surface area contributed by atoms with Crippen molar-refractivity contribution in [3.05, 3.63) is 41.7 Å². The van der Waals surface area contributed by atoms with E-state index in [-0.39, 0.29) is 39.8 Å². The molecule has 0 radical (unpaired) electrons. The zero-order chi connectivity index (χ0) is 24.1. The fraction of sp³-hybridized carbons (Fsp3) is 0.273. The van der Waals surface area contributed by atoms with Crippen molar-refractivity contribution in [1.82, 2.24) is 34.9 Å². The molecule has 4 aromatic rings. The van der Waals surface area contributed by atoms with Crippen LogP contribution in [-0.2, 0) is 11.8 Å². The second kappa shape index (κ2) is 7.87. The number of hydrogen-bond acceptors (Lipinski definition) is 6. The Morgan fingerprint density at radius 1 is 1.32 bits per heavy atom. The van der Waals surface area contributed by atoms with Crippen molar-refractivity contribution in [2.45, 2.75) is 13.0 Å². The third-order valence-corrected chi connectivity index (χ3v) is 5.86. The van der Waals surface area contributed by atoms with E-state index >= 15 is 0 Å². The predicted molar refractivity (Wildman–Crippen MR) is 116 cm³/mol. The molecule has 0 bridgehead atoms. The fourth-order valence-corrected chi connectivity index (χ4v) is 4.02. The SMILES string of the molecule is C[C@@H](NC(=O)c1c[nH]c2ncc(-c3nn(C)c4c(F)c(F)ccc34)nc12)C(=O)N1CC(C#N)C1. The van der Waals surface area contributed by atoms with Crippen molar-refractivity contribution < 1.29 is 18.4 Å². The van der Waals surface area contributed by atoms with E-state index < -0.39 is 23.6 Å². The third kappa shape index (κ3) is 3.33. The summed E-state index contributed by atoms with van der Waals surface area (Å²) in [6.07, 6.45) is 2.85. The molecule has 1 atom stereocenters. The number of nitrogens with one attached hydrogen (secondary N) is 2. The zero-order valence-corrected chi connectivity index (χ0v) is 18.1. The van der Waals surface area contributed by atoms with Crippen LogP contribution < -0.4 is 5.32 Å². The molecule has 2 N–H and O–H groups in total. The molecular weight excluding hydrogens is 446 g/mol. The molecule has 1 saturated heterocycles. The molecule has 10 nitrogen and oxygen atoms in total. The third-order valence-electron chi connectivity index (χ3n) is 5.86. The Morgan fingerprint density at radius 2 is 2.09 bits per heavy atom. The molecule has 0 unspecified atom stereocenters. The monoisotopic (exact) mass is 464 g/mol. The summed E-state index contributed by atoms with van der Waals surface area (Å²) in [7, 11) is 1.49. The molecule has 0 spiro atoms. The lowest BCUT2D eigenvalue weighted by Crippen LogP contribution is -2.55. The van der Waals surface area contributed by atoms with Crippen molar-refractivity contribution >= 4 is 33.9 Å². The number of fused-ring (bicyclic) bond motifs is 2. The van der Waals surface area contributed by atoms with E-state index in [1.54, 1.807) is 6.92 Å². The highest BCUT2D eigenvalue weighted by molar-refractivity contribution is 6.06. The van der Waals surface area contributed by atoms with Gasteiger partial charge in [0.1, 0.15) is 28.5 Å². The van der Waals surface area contributed by atoms with Crippen LogP contribution in [0.5, 0.6) is 0 Å². The summed E-state index contributed by atoms with van der Waals surface area (Å²) in [5.74, 6) is -2.99. The normalized spacial score (nSPS) is 14.7. The molecule has 3 aromatic heterocycles. The molecule has 0 saturated carbocycles. The van der Waals surface area contributed by atoms with Crippen LogP contribution in [0.3, 0.4) is 0 Å². The summed E-state index contributed by atoms with van der Waals surface area (Å²) in [6.45, 7) is 2.26. The number of hydrogen-bond donors (Lipinski definition) is 2. The molecule has 4 heterocycles. The number of rotatable bonds is 4. The van der Waals surface area contributed by atoms with E-state index in [1.807, 2.05) is 0 Å². The first-order valence-electron chi connectivity index (χ1n) is 10.4. The maximum atomic E-state index is 14.3. The first-order chi connectivity index (χ1) is 16.3. The smallest absolute Gasteiger partial charge is 0.255 e. The van der Waals surface area contributed by atoms with E-state index in [1.165, 1.54) is 35.1 Å². The highest BCUT2D eigenvalue weighted by Crippen LogP contribution is 2.30. The number of H-pyrrole nitrogens is 1. The van der Waals surface area contributed by atoms with Crippen LogP contribution in [0.1, 0.15) is 17.3 Å². The van der Waals surface area contributed by atoms with Crippen molar-refractivity contribution in [1.29, 1.82) is 5.26 Å². The van der Waals surface area contributed by atoms with Gasteiger partial charge in [-0.15, -0.1) is 0 Å². The van der Waals surface area contributed by atoms with Gasteiger partial charge in [0, 0.05) is 31.7 Å². The standard InChI is InChI=1S/C22H18F2N8O2/c1-10(22(34)32-8-11(5-25)9-32)28-21(33)13-6-26-20-18(13)29-15(7-27-20)17-12-3-4-14(23)16(24)19(12)31(2)30-17/h3-4,6-7,10-11H,8-9H2,1-2H3,(H,26,27)(H,28,33)/t10-/m1/s1. The lowest BCUT2D eigenvalue weighted by Gasteiger charge is -2.37. The molecule has 12 heteroatoms. The highest BCUT2D eigenvalue weighted by atomic mass is 19.2. The number of amides is 2. The zero-order valence-electron chi connectivity index (χ0n) is 18.1. The van der Waals surface area contributed by atoms with Gasteiger partial charge in [-0.05, 0) is 19.1 Å². The largest absolute Gasteiger partial charge is 0.344 e. The second-order valence-electron chi connectivity index (χ2n) is 8.15. The Morgan fingerprint density at radius 3 is 2.82 bits per heavy atom. The minimum absolute atomic E-state index is 0.0131. The first-order valence-corrected chi connectivity index (χ1v) is 10.4. The van der Waals surface area contributed by atoms with Gasteiger partial charge in [-0.1, -0.05) is 0 Å². The number of carbonyl (C=O) groups excluding carboxylic acids is 2. The van der Waals surface area contributed by atoms with E-state index in [4.69, 9.17) is 5.26 Å². The second-order valence-corrected chi connectivity index (χ2v) is 8.15. The molecule has 34 heavy (non-hydrogen) atoms. The van der Waals surface area contributed by atoms with Crippen molar-refractivity contribution in [3.8, 4) is 17.5 Å². The van der Waals surface area contributed by atoms with Gasteiger partial charge in [0.25, 0.3) is 5.91 Å². The molecule has 0 aliphatic carbocycles. The van der Waals surface area contributed by atoms with Crippen LogP contribution in [0.4, 0.5) is 8.78 Å². The Hall–Kier alpha value is -4.40. The van der Waals surface area contributed by atoms with Gasteiger partial charge >= 0.3 is 0 Å². The van der Waals surface area contributed by atoms with E-state index in [0.717, 1.165) is 6.07 Å². The maximum Gasteiger partial charge on any atom is 0.255 e. The van der Waals surface area contributed by atoms with Crippen molar-refractivity contribution in [3.63, 3.8) is 0 Å². The van der Waals surface area contributed by atoms with Crippen LogP contribution >= 0.6 is 0 Å². The highest BCUT2D eigenvalue weighted by Gasteiger charge is 2.33. The van der Waals surface area contributed by atoms with E-state index in [9.17, 15) is 18.4 Å². The number of nitrogens with zero attached hydrogens (tertiary/aromatic N) is 6. The maximum absolute atomic E-state index is 14.3. The molecule has 1 aliphatic rings. The number of likely N-dealkylation sites (tertiary alicyclic amines) is 1. The van der Waals surface area contributed by atoms with Gasteiger partial charge in [-0.2, -0.15) is 10.4 Å². The molecule has 172 valence electrons. The summed E-state index contributed by atoms with van der Waals surface area (Å²) in [4.78, 5) is 38.5. The Kier molecular flexibility index (Phi) is 4.97. The number of aromatic amines is 1. The Balaban J connectivity index is 1.45. The van der Waals surface area contributed by atoms with Gasteiger partial charge < -0.3 is 15.2 Å². The Labute approximate surface area is 191 Å². The first kappa shape index (κ1) is 21.4. The van der Waals surface area contributed by atoms with Crippen LogP contribution in [0.2, 0.25) is 0 Å². The van der Waals surface area contributed by atoms with E-state index in [2.05, 4.69) is 31.4 Å². The topological polar surface area (TPSA) is 133 Å². The van der Waals surface area contributed by atoms with Crippen LogP contribution in [0.25, 0.3) is 33.5 Å². The van der Waals surface area contributed by atoms with Crippen molar-refractivity contribution in [2.24, 2.45) is 13.0 Å². The summed E-state index contributed by atoms with van der Waals surface area (Å²) in [5.41, 5.74) is 1.28. The molecule has 5 rings (SSSR count). The fourth-order valence-electron chi connectivity index (χ4n) is 4.02. The summed E-state index contributed by atoms with van der Waals surface area (Å²) in [6, 6.07) is 3.72. The van der Waals surface area contributed by atoms with Gasteiger partial charge in [0.05, 0.1) is 23.7 Å². The molecule has 2 amide bonds. The number of benzene rings is 1. The van der Waals surface area contributed by atoms with Crippen LogP contribution in [0, 0.1) is 28.9 Å². The quantitative estimate of drug-likeness (QED) is 0.474. The van der Waals surface area contributed by atoms with Gasteiger partial charge in [0.15, 0.2) is 17.3 Å². The lowest BCUT2D eigenvalue weighted by atomic mass is 10.0. The summed E-state index contributed by atoms with van der Waals surface area (Å²) in [5, 5.41) is 16.1. The average molecular weight is 464 g/mol. The van der Waals surface area contributed by atoms with Crippen LogP contribution in [0.15, 0.2) is 24.5 Å². The minimum Gasteiger partial charge on any atom is -0.344 e. The van der Waals surface area contributed by atoms with Crippen molar-refractivity contribution in [2.75, 3.05) is 13.1 Å². The molecular formula is C22H18F2N8O2. The number of aromatic nitrogens is 5. The minimum atomic E-state index is -1.02. The summed E-state index contributed by atoms with van der Waals surface area (Å²) >= 11 is 0. The van der Waals surface area contributed by atoms with Crippen LogP contribution in [-0.4, -0.2) is 60.6 Å². The number of nitriles is 1. The van der Waals surface area contributed by atoms with E-state index in [0.29, 0.717) is 24.1 Å². The predicted octanol–water partition coefficient (Wildman–Crippen LogP) is 1.89. The molecule has 1 aliphatic heterocycles. The number of aryl methyl sites for hydroxylation is 1. The van der Waals surface area contributed by atoms with Gasteiger partial charge in [0.2, 0.25) is 5.91 Å².